The molecule has 2 saturated heterocycles. The van der Waals surface area contributed by atoms with E-state index in [4.69, 9.17) is 5.73 Å². The third kappa shape index (κ3) is 26.0. The standard InChI is InChI=1S/C20H21N3O.C17H22N4O.C17H22N2.C16H27N3O.C16H22N2O2.C15H14N4/c1-14-5-4-8-19-22-16(13-23(14)19)9-10-18(24)20-17-7-3-2-6-15(17)11-12-21-20;1-12(2)21-15(5-6-20-21)9-16(22)7-13-3-4-14-10-18-11-19-17(14)8-13;1-13-5-6-15-3-2-4-17(16(15)11-13)19-12-14-7-9-18-10-8-14;1-10-13(18-11(2)17-10)14(20)19-12-7-15(3,4)9-16(5,6)8-12;1-17-16(20)12-18-9-5-8-14(11-18)15(19)10-13-6-3-2-4-7-13;1-19-13-10-6-5-9-12(13)17-15(19)18-14(16)11-7-3-2-4-8-11/h2-8,13,20-21H,9-12H2,1H3;5-6,10-13H,3-4,7-9H2,1-2H3;2-6,11,14,18-19H,7-10,12H2,1H3;12H,7-9H2,1-6H3,(H,17,18)(H,19,20);2-4,6-7,14H,5,8-12H2,1H3,(H,17,20);2-10H,1H3,(H2,16,17,18). The van der Waals surface area contributed by atoms with Crippen LogP contribution in [0.4, 0.5) is 11.6 Å². The van der Waals surface area contributed by atoms with Crippen LogP contribution in [-0.4, -0.2) is 147 Å². The lowest BCUT2D eigenvalue weighted by Crippen LogP contribution is -2.46. The lowest BCUT2D eigenvalue weighted by molar-refractivity contribution is -0.126. The maximum atomic E-state index is 12.7. The number of amides is 2. The van der Waals surface area contributed by atoms with E-state index in [1.165, 1.54) is 65.5 Å². The maximum Gasteiger partial charge on any atom is 0.271 e. The summed E-state index contributed by atoms with van der Waals surface area (Å²) in [7, 11) is 3.58. The number of anilines is 1. The molecule has 3 unspecified atom stereocenters. The van der Waals surface area contributed by atoms with Crippen LogP contribution in [0.2, 0.25) is 0 Å². The number of hydrogen-bond donors (Lipinski definition) is 7. The fourth-order valence-corrected chi connectivity index (χ4v) is 18.3. The van der Waals surface area contributed by atoms with E-state index in [-0.39, 0.29) is 58.3 Å². The number of nitrogens with zero attached hydrogens (tertiary/aromatic N) is 11. The predicted molar refractivity (Wildman–Crippen MR) is 497 cm³/mol. The molecular formula is C101H128N18O5. The summed E-state index contributed by atoms with van der Waals surface area (Å²) < 4.78 is 5.94. The molecule has 17 rings (SSSR count). The van der Waals surface area contributed by atoms with Gasteiger partial charge in [0.2, 0.25) is 11.9 Å². The van der Waals surface area contributed by atoms with Gasteiger partial charge in [0, 0.05) is 135 Å². The number of pyridine rings is 1. The molecule has 0 bridgehead atoms. The SMILES string of the molecule is CC(C)n1nccc1CC(=O)CC1CCc2cncnc2C1.CNC(=O)CN1CCCC(C(=O)Cc2ccccc2)C1.Cc1ccc2cccc(NCC3CCNCC3)c2c1.Cc1cccc2nc(CCC(=O)C3NCCc4ccccc43)cn12.Cc1nc(C(=O)NC2CC(C)(C)CC(C)(C)C2)c(C)[nH]1.Cn1c(N=C(N)c2ccccc2)nc2ccccc21. The van der Waals surface area contributed by atoms with Gasteiger partial charge in [0.25, 0.3) is 5.91 Å². The Hall–Kier alpha value is -11.7. The molecule has 124 heavy (non-hydrogen) atoms. The molecule has 3 aliphatic heterocycles. The molecule has 0 spiro atoms. The molecule has 0 radical (unpaired) electrons. The summed E-state index contributed by atoms with van der Waals surface area (Å²) in [5.41, 5.74) is 23.3. The van der Waals surface area contributed by atoms with Gasteiger partial charge in [-0.05, 0) is 231 Å². The maximum absolute atomic E-state index is 12.7. The molecule has 6 aromatic heterocycles. The summed E-state index contributed by atoms with van der Waals surface area (Å²) in [6.07, 6.45) is 21.8. The number of H-pyrrole nitrogens is 1. The van der Waals surface area contributed by atoms with Crippen LogP contribution in [-0.2, 0) is 64.8 Å². The van der Waals surface area contributed by atoms with Crippen LogP contribution < -0.4 is 32.3 Å². The Morgan fingerprint density at radius 3 is 2.19 bits per heavy atom. The van der Waals surface area contributed by atoms with E-state index in [9.17, 15) is 24.0 Å². The molecule has 1 saturated carbocycles. The second kappa shape index (κ2) is 43.6. The van der Waals surface area contributed by atoms with Crippen molar-refractivity contribution in [2.24, 2.45) is 46.4 Å². The van der Waals surface area contributed by atoms with Crippen molar-refractivity contribution in [3.63, 3.8) is 0 Å². The van der Waals surface area contributed by atoms with Crippen LogP contribution in [0, 0.1) is 56.3 Å². The van der Waals surface area contributed by atoms with Crippen LogP contribution in [0.5, 0.6) is 0 Å². The number of aromatic amines is 1. The molecule has 5 aliphatic rings. The van der Waals surface area contributed by atoms with Gasteiger partial charge in [-0.2, -0.15) is 10.1 Å². The molecule has 6 aromatic carbocycles. The van der Waals surface area contributed by atoms with Crippen molar-refractivity contribution < 1.29 is 24.0 Å². The molecule has 9 heterocycles. The number of likely N-dealkylation sites (N-methyl/N-ethyl adjacent to an activating group) is 1. The van der Waals surface area contributed by atoms with Crippen LogP contribution in [0.15, 0.2) is 200 Å². The number of nitrogens with one attached hydrogen (secondary N) is 6. The lowest BCUT2D eigenvalue weighted by atomic mass is 9.63. The topological polar surface area (TPSA) is 295 Å². The molecule has 12 aromatic rings. The first-order valence-electron chi connectivity index (χ1n) is 44.4. The zero-order valence-electron chi connectivity index (χ0n) is 74.7. The number of imidazole rings is 3. The molecule has 8 N–H and O–H groups in total. The number of likely N-dealkylation sites (tertiary alicyclic amines) is 1. The first kappa shape index (κ1) is 91.5. The number of ketones is 3. The van der Waals surface area contributed by atoms with E-state index < -0.39 is 0 Å². The van der Waals surface area contributed by atoms with Crippen molar-refractivity contribution in [2.75, 3.05) is 58.2 Å². The average molecular weight is 1670 g/mol. The zero-order valence-corrected chi connectivity index (χ0v) is 74.7. The minimum Gasteiger partial charge on any atom is -0.384 e. The van der Waals surface area contributed by atoms with E-state index in [2.05, 4.69) is 186 Å². The van der Waals surface area contributed by atoms with Gasteiger partial charge < -0.3 is 46.3 Å². The number of aryl methyl sites for hydroxylation is 7. The molecule has 23 nitrogen and oxygen atoms in total. The van der Waals surface area contributed by atoms with E-state index >= 15 is 0 Å². The van der Waals surface area contributed by atoms with Crippen molar-refractivity contribution in [3.8, 4) is 0 Å². The average Bonchev–Trinajstić information content (AvgIpc) is 1.66. The zero-order chi connectivity index (χ0) is 87.9. The molecule has 23 heteroatoms. The van der Waals surface area contributed by atoms with E-state index in [1.54, 1.807) is 19.6 Å². The highest BCUT2D eigenvalue weighted by Gasteiger charge is 2.40. The van der Waals surface area contributed by atoms with Crippen molar-refractivity contribution in [1.82, 2.24) is 74.8 Å². The minimum atomic E-state index is -0.172. The predicted octanol–water partition coefficient (Wildman–Crippen LogP) is 16.4. The van der Waals surface area contributed by atoms with Crippen molar-refractivity contribution >= 4 is 74.1 Å². The van der Waals surface area contributed by atoms with Crippen molar-refractivity contribution in [1.29, 1.82) is 0 Å². The van der Waals surface area contributed by atoms with Gasteiger partial charge in [-0.25, -0.2) is 24.9 Å². The summed E-state index contributed by atoms with van der Waals surface area (Å²) in [5, 5.41) is 23.2. The van der Waals surface area contributed by atoms with Crippen LogP contribution in [0.3, 0.4) is 0 Å². The first-order valence-corrected chi connectivity index (χ1v) is 44.4. The molecular weight excluding hydrogens is 1550 g/mol. The number of fused-ring (bicyclic) bond motifs is 5. The second-order valence-corrected chi connectivity index (χ2v) is 36.0. The number of benzene rings is 6. The Kier molecular flexibility index (Phi) is 32.2. The number of piperidine rings is 2. The van der Waals surface area contributed by atoms with Crippen molar-refractivity contribution in [3.05, 3.63) is 268 Å². The number of rotatable bonds is 21. The number of para-hydroxylation sites is 2. The van der Waals surface area contributed by atoms with Crippen LogP contribution in [0.1, 0.15) is 196 Å². The monoisotopic (exact) mass is 1670 g/mol. The Morgan fingerprint density at radius 2 is 1.46 bits per heavy atom. The van der Waals surface area contributed by atoms with Gasteiger partial charge in [-0.15, -0.1) is 0 Å². The van der Waals surface area contributed by atoms with Crippen molar-refractivity contribution in [2.45, 2.75) is 190 Å². The Bertz CT molecular complexity index is 5560. The third-order valence-electron chi connectivity index (χ3n) is 24.2. The minimum absolute atomic E-state index is 0.0150. The first-order chi connectivity index (χ1) is 59.7. The number of Topliss-reactive ketones (excluding diaryl/α,β-unsaturated/α-hetero) is 3. The highest BCUT2D eigenvalue weighted by molar-refractivity contribution is 5.99. The van der Waals surface area contributed by atoms with Gasteiger partial charge >= 0.3 is 0 Å². The number of carbonyl (C=O) groups excluding carboxylic acids is 5. The molecule has 2 aliphatic carbocycles. The molecule has 3 fully saturated rings. The number of aliphatic imine (C=N–C) groups is 1. The molecule has 3 atom stereocenters. The van der Waals surface area contributed by atoms with E-state index in [0.29, 0.717) is 74.4 Å². The summed E-state index contributed by atoms with van der Waals surface area (Å²) >= 11 is 0. The highest BCUT2D eigenvalue weighted by Crippen LogP contribution is 2.46. The van der Waals surface area contributed by atoms with Crippen LogP contribution in [0.25, 0.3) is 27.5 Å². The summed E-state index contributed by atoms with van der Waals surface area (Å²) in [6, 6.07) is 57.3. The number of aromatic nitrogens is 10. The largest absolute Gasteiger partial charge is 0.384 e. The Labute approximate surface area is 731 Å². The number of carbonyl (C=O) groups is 5. The highest BCUT2D eigenvalue weighted by atomic mass is 16.2. The lowest BCUT2D eigenvalue weighted by Gasteiger charge is -2.45. The quantitative estimate of drug-likeness (QED) is 0.0260. The fraction of sp³-hybridized carbons (Fsp3) is 0.426. The van der Waals surface area contributed by atoms with Gasteiger partial charge in [0.1, 0.15) is 40.9 Å². The van der Waals surface area contributed by atoms with Gasteiger partial charge in [-0.1, -0.05) is 161 Å². The molecule has 2 amide bonds. The summed E-state index contributed by atoms with van der Waals surface area (Å²) in [6.45, 7) is 27.6. The second-order valence-electron chi connectivity index (χ2n) is 36.0. The van der Waals surface area contributed by atoms with E-state index in [1.807, 2.05) is 158 Å². The summed E-state index contributed by atoms with van der Waals surface area (Å²) in [5.74, 6) is 3.95. The fourth-order valence-electron chi connectivity index (χ4n) is 18.3. The van der Waals surface area contributed by atoms with Gasteiger partial charge in [0.05, 0.1) is 29.3 Å². The number of amidine groups is 1. The Morgan fingerprint density at radius 1 is 0.726 bits per heavy atom. The summed E-state index contributed by atoms with van der Waals surface area (Å²) in [4.78, 5) is 92.6. The number of nitrogens with two attached hydrogens (primary N) is 1. The normalized spacial score (nSPS) is 17.4. The number of hydrogen-bond acceptors (Lipinski definition) is 16. The third-order valence-corrected chi connectivity index (χ3v) is 24.2. The van der Waals surface area contributed by atoms with Gasteiger partial charge in [0.15, 0.2) is 5.78 Å². The van der Waals surface area contributed by atoms with E-state index in [0.717, 1.165) is 145 Å². The van der Waals surface area contributed by atoms with Crippen LogP contribution >= 0.6 is 0 Å². The Balaban J connectivity index is 0.000000136. The smallest absolute Gasteiger partial charge is 0.271 e. The van der Waals surface area contributed by atoms with Gasteiger partial charge in [-0.3, -0.25) is 33.6 Å². The molecule has 652 valence electrons.